The highest BCUT2D eigenvalue weighted by atomic mass is 14.9. The molecule has 1 heteroatoms. The first-order valence-electron chi connectivity index (χ1n) is 9.36. The van der Waals surface area contributed by atoms with E-state index < -0.39 is 0 Å². The zero-order chi connectivity index (χ0) is 19.1. The number of aromatic nitrogens is 1. The molecule has 2 aromatic carbocycles. The van der Waals surface area contributed by atoms with Gasteiger partial charge in [0.1, 0.15) is 7.05 Å². The fourth-order valence-electron chi connectivity index (χ4n) is 3.87. The van der Waals surface area contributed by atoms with Crippen molar-refractivity contribution >= 4 is 0 Å². The van der Waals surface area contributed by atoms with Gasteiger partial charge in [0.25, 0.3) is 0 Å². The number of benzene rings is 2. The van der Waals surface area contributed by atoms with E-state index in [4.69, 9.17) is 0 Å². The minimum absolute atomic E-state index is 0.143. The molecule has 26 heavy (non-hydrogen) atoms. The number of rotatable bonds is 2. The third-order valence-electron chi connectivity index (χ3n) is 5.22. The van der Waals surface area contributed by atoms with E-state index in [-0.39, 0.29) is 5.41 Å². The van der Waals surface area contributed by atoms with Gasteiger partial charge in [-0.25, -0.2) is 4.57 Å². The van der Waals surface area contributed by atoms with E-state index in [9.17, 15) is 0 Å². The van der Waals surface area contributed by atoms with Crippen molar-refractivity contribution in [2.24, 2.45) is 7.05 Å². The predicted octanol–water partition coefficient (Wildman–Crippen LogP) is 6.07. The van der Waals surface area contributed by atoms with Gasteiger partial charge in [-0.3, -0.25) is 0 Å². The van der Waals surface area contributed by atoms with Gasteiger partial charge in [0.2, 0.25) is 5.69 Å². The maximum absolute atomic E-state index is 2.39. The van der Waals surface area contributed by atoms with Crippen molar-refractivity contribution in [2.75, 3.05) is 0 Å². The standard InChI is InChI=1S/C25H30N/c1-17-13-19(3)23(25(4,5)6)15-21(17)24-14-18(2)22(16-26(24)7)20-11-9-8-10-12-20/h8-16H,1-7H3/q+1. The van der Waals surface area contributed by atoms with Crippen molar-refractivity contribution < 1.29 is 4.57 Å². The molecule has 0 amide bonds. The molecule has 0 N–H and O–H groups in total. The molecule has 3 aromatic rings. The smallest absolute Gasteiger partial charge is 0.200 e. The van der Waals surface area contributed by atoms with Crippen LogP contribution in [0.2, 0.25) is 0 Å². The third kappa shape index (κ3) is 3.44. The third-order valence-corrected chi connectivity index (χ3v) is 5.22. The minimum Gasteiger partial charge on any atom is -0.200 e. The van der Waals surface area contributed by atoms with Crippen molar-refractivity contribution in [1.29, 1.82) is 0 Å². The molecular weight excluding hydrogens is 314 g/mol. The molecule has 0 unspecified atom stereocenters. The molecule has 1 aromatic heterocycles. The number of hydrogen-bond donors (Lipinski definition) is 0. The van der Waals surface area contributed by atoms with Gasteiger partial charge in [0.05, 0.1) is 0 Å². The summed E-state index contributed by atoms with van der Waals surface area (Å²) >= 11 is 0. The summed E-state index contributed by atoms with van der Waals surface area (Å²) in [5.41, 5.74) is 10.7. The summed E-state index contributed by atoms with van der Waals surface area (Å²) in [6.07, 6.45) is 2.26. The van der Waals surface area contributed by atoms with Crippen molar-refractivity contribution in [2.45, 2.75) is 47.0 Å². The van der Waals surface area contributed by atoms with Crippen molar-refractivity contribution in [3.05, 3.63) is 77.0 Å². The largest absolute Gasteiger partial charge is 0.212 e. The fraction of sp³-hybridized carbons (Fsp3) is 0.320. The second-order valence-electron chi connectivity index (χ2n) is 8.46. The topological polar surface area (TPSA) is 3.88 Å². The van der Waals surface area contributed by atoms with Crippen LogP contribution in [0, 0.1) is 20.8 Å². The highest BCUT2D eigenvalue weighted by Crippen LogP contribution is 2.33. The predicted molar refractivity (Wildman–Crippen MR) is 111 cm³/mol. The molecule has 0 spiro atoms. The lowest BCUT2D eigenvalue weighted by atomic mass is 9.81. The maximum Gasteiger partial charge on any atom is 0.212 e. The van der Waals surface area contributed by atoms with Crippen LogP contribution in [0.1, 0.15) is 43.0 Å². The molecule has 0 aliphatic carbocycles. The Morgan fingerprint density at radius 2 is 1.35 bits per heavy atom. The Balaban J connectivity index is 2.18. The highest BCUT2D eigenvalue weighted by Gasteiger charge is 2.22. The molecule has 0 radical (unpaired) electrons. The average Bonchev–Trinajstić information content (AvgIpc) is 2.56. The lowest BCUT2D eigenvalue weighted by molar-refractivity contribution is -0.660. The molecule has 0 fully saturated rings. The summed E-state index contributed by atoms with van der Waals surface area (Å²) in [5.74, 6) is 0. The molecule has 1 nitrogen and oxygen atoms in total. The SMILES string of the molecule is Cc1cc(-c2cc(C(C)(C)C)c(C)cc2C)[n+](C)cc1-c1ccccc1. The molecule has 1 heterocycles. The first-order chi connectivity index (χ1) is 12.2. The van der Waals surface area contributed by atoms with E-state index in [0.717, 1.165) is 0 Å². The van der Waals surface area contributed by atoms with Crippen LogP contribution in [0.3, 0.4) is 0 Å². The van der Waals surface area contributed by atoms with Crippen molar-refractivity contribution in [1.82, 2.24) is 0 Å². The molecule has 0 aliphatic heterocycles. The molecule has 3 rings (SSSR count). The number of nitrogens with zero attached hydrogens (tertiary/aromatic N) is 1. The summed E-state index contributed by atoms with van der Waals surface area (Å²) in [6, 6.07) is 17.7. The molecule has 134 valence electrons. The molecule has 0 saturated heterocycles. The van der Waals surface area contributed by atoms with Crippen LogP contribution in [0.4, 0.5) is 0 Å². The summed E-state index contributed by atoms with van der Waals surface area (Å²) in [4.78, 5) is 0. The van der Waals surface area contributed by atoms with Gasteiger partial charge in [-0.2, -0.15) is 0 Å². The van der Waals surface area contributed by atoms with E-state index in [2.05, 4.69) is 108 Å². The van der Waals surface area contributed by atoms with Crippen molar-refractivity contribution in [3.63, 3.8) is 0 Å². The Morgan fingerprint density at radius 3 is 1.96 bits per heavy atom. The van der Waals surface area contributed by atoms with Crippen LogP contribution < -0.4 is 4.57 Å². The van der Waals surface area contributed by atoms with Gasteiger partial charge in [0.15, 0.2) is 6.20 Å². The van der Waals surface area contributed by atoms with Crippen LogP contribution in [0.5, 0.6) is 0 Å². The number of pyridine rings is 1. The van der Waals surface area contributed by atoms with Crippen LogP contribution in [0.25, 0.3) is 22.4 Å². The second kappa shape index (κ2) is 6.72. The first-order valence-corrected chi connectivity index (χ1v) is 9.36. The second-order valence-corrected chi connectivity index (χ2v) is 8.46. The van der Waals surface area contributed by atoms with E-state index in [1.807, 2.05) is 0 Å². The van der Waals surface area contributed by atoms with Gasteiger partial charge in [0, 0.05) is 17.2 Å². The van der Waals surface area contributed by atoms with Gasteiger partial charge in [-0.1, -0.05) is 57.2 Å². The Labute approximate surface area is 158 Å². The fourth-order valence-corrected chi connectivity index (χ4v) is 3.87. The Kier molecular flexibility index (Phi) is 4.75. The van der Waals surface area contributed by atoms with Gasteiger partial charge in [-0.05, 0) is 60.1 Å². The monoisotopic (exact) mass is 344 g/mol. The van der Waals surface area contributed by atoms with E-state index >= 15 is 0 Å². The van der Waals surface area contributed by atoms with E-state index in [1.165, 1.54) is 44.6 Å². The number of aryl methyl sites for hydroxylation is 4. The van der Waals surface area contributed by atoms with Gasteiger partial charge >= 0.3 is 0 Å². The van der Waals surface area contributed by atoms with E-state index in [1.54, 1.807) is 0 Å². The maximum atomic E-state index is 2.39. The van der Waals surface area contributed by atoms with Crippen molar-refractivity contribution in [3.8, 4) is 22.4 Å². The molecule has 0 aliphatic rings. The Hall–Kier alpha value is -2.41. The summed E-state index contributed by atoms with van der Waals surface area (Å²) < 4.78 is 2.26. The van der Waals surface area contributed by atoms with Gasteiger partial charge < -0.3 is 0 Å². The molecule has 0 bridgehead atoms. The first kappa shape index (κ1) is 18.4. The minimum atomic E-state index is 0.143. The zero-order valence-electron chi connectivity index (χ0n) is 17.1. The van der Waals surface area contributed by atoms with Crippen LogP contribution in [0.15, 0.2) is 54.7 Å². The summed E-state index contributed by atoms with van der Waals surface area (Å²) in [5, 5.41) is 0. The summed E-state index contributed by atoms with van der Waals surface area (Å²) in [7, 11) is 2.15. The van der Waals surface area contributed by atoms with Crippen LogP contribution in [-0.2, 0) is 12.5 Å². The quantitative estimate of drug-likeness (QED) is 0.497. The lowest BCUT2D eigenvalue weighted by Gasteiger charge is -2.23. The molecular formula is C25H30N+. The summed E-state index contributed by atoms with van der Waals surface area (Å²) in [6.45, 7) is 13.5. The van der Waals surface area contributed by atoms with Crippen LogP contribution >= 0.6 is 0 Å². The lowest BCUT2D eigenvalue weighted by Crippen LogP contribution is -2.31. The highest BCUT2D eigenvalue weighted by molar-refractivity contribution is 5.70. The zero-order valence-corrected chi connectivity index (χ0v) is 17.1. The number of hydrogen-bond acceptors (Lipinski definition) is 0. The average molecular weight is 345 g/mol. The van der Waals surface area contributed by atoms with E-state index in [0.29, 0.717) is 0 Å². The molecule has 0 saturated carbocycles. The Morgan fingerprint density at radius 1 is 0.731 bits per heavy atom. The van der Waals surface area contributed by atoms with Gasteiger partial charge in [-0.15, -0.1) is 0 Å². The Bertz CT molecular complexity index is 944. The van der Waals surface area contributed by atoms with Crippen LogP contribution in [-0.4, -0.2) is 0 Å². The normalized spacial score (nSPS) is 11.7. The molecule has 0 atom stereocenters.